The average molecular weight is 636 g/mol. The van der Waals surface area contributed by atoms with Crippen LogP contribution in [0.1, 0.15) is 49.3 Å². The number of hydrogen-bond donors (Lipinski definition) is 1. The number of carbonyl (C=O) groups excluding carboxylic acids is 2. The summed E-state index contributed by atoms with van der Waals surface area (Å²) in [4.78, 5) is 28.7. The highest BCUT2D eigenvalue weighted by Gasteiger charge is 2.32. The van der Waals surface area contributed by atoms with E-state index in [1.165, 1.54) is 35.2 Å². The molecule has 2 amide bonds. The van der Waals surface area contributed by atoms with E-state index in [1.54, 1.807) is 0 Å². The molecule has 7 nitrogen and oxygen atoms in total. The highest BCUT2D eigenvalue weighted by molar-refractivity contribution is 7.92. The molecular weight excluding hydrogens is 598 g/mol. The van der Waals surface area contributed by atoms with Crippen molar-refractivity contribution in [2.75, 3.05) is 23.7 Å². The number of halogens is 4. The van der Waals surface area contributed by atoms with Crippen LogP contribution in [0.3, 0.4) is 0 Å². The highest BCUT2D eigenvalue weighted by Crippen LogP contribution is 2.32. The van der Waals surface area contributed by atoms with Crippen LogP contribution in [0.2, 0.25) is 0 Å². The molecule has 0 radical (unpaired) electrons. The minimum atomic E-state index is -4.67. The average Bonchev–Trinajstić information content (AvgIpc) is 2.97. The van der Waals surface area contributed by atoms with Crippen LogP contribution < -0.4 is 9.62 Å². The van der Waals surface area contributed by atoms with Crippen molar-refractivity contribution in [3.05, 3.63) is 101 Å². The van der Waals surface area contributed by atoms with E-state index in [0.717, 1.165) is 47.2 Å². The summed E-state index contributed by atoms with van der Waals surface area (Å²) in [6.45, 7) is 2.13. The molecular formula is C32H37F4N3O4S. The van der Waals surface area contributed by atoms with Gasteiger partial charge in [0, 0.05) is 32.5 Å². The second kappa shape index (κ2) is 15.7. The van der Waals surface area contributed by atoms with E-state index in [0.29, 0.717) is 12.1 Å². The zero-order valence-corrected chi connectivity index (χ0v) is 25.5. The number of hydrogen-bond acceptors (Lipinski definition) is 4. The van der Waals surface area contributed by atoms with Crippen molar-refractivity contribution in [3.63, 3.8) is 0 Å². The van der Waals surface area contributed by atoms with Crippen LogP contribution in [-0.4, -0.2) is 50.5 Å². The fraction of sp³-hybridized carbons (Fsp3) is 0.375. The smallest absolute Gasteiger partial charge is 0.354 e. The number of amides is 2. The Balaban J connectivity index is 1.88. The zero-order chi connectivity index (χ0) is 32.3. The standard InChI is InChI=1S/C32H37F4N3O4S/c1-3-4-19-37-31(41)29(21-24-10-6-5-7-11-24)38(23-25-15-17-27(33)18-16-25)30(40)14-9-20-39(44(2,42)43)28-13-8-12-26(22-28)32(34,35)36/h5-8,10-13,15-18,22,29H,3-4,9,14,19-21,23H2,1-2H3,(H,37,41). The molecule has 0 saturated carbocycles. The SMILES string of the molecule is CCCCNC(=O)C(Cc1ccccc1)N(Cc1ccc(F)cc1)C(=O)CCCN(c1cccc(C(F)(F)F)c1)S(C)(=O)=O. The summed E-state index contributed by atoms with van der Waals surface area (Å²) in [7, 11) is -3.99. The third-order valence-electron chi connectivity index (χ3n) is 6.98. The molecule has 3 aromatic carbocycles. The Morgan fingerprint density at radius 3 is 2.20 bits per heavy atom. The van der Waals surface area contributed by atoms with E-state index < -0.39 is 39.5 Å². The van der Waals surface area contributed by atoms with E-state index in [2.05, 4.69) is 5.32 Å². The van der Waals surface area contributed by atoms with E-state index in [9.17, 15) is 35.6 Å². The van der Waals surface area contributed by atoms with Crippen LogP contribution in [0.15, 0.2) is 78.9 Å². The van der Waals surface area contributed by atoms with Crippen LogP contribution in [0.4, 0.5) is 23.2 Å². The van der Waals surface area contributed by atoms with Gasteiger partial charge in [0.2, 0.25) is 21.8 Å². The molecule has 1 N–H and O–H groups in total. The van der Waals surface area contributed by atoms with Crippen LogP contribution in [0, 0.1) is 5.82 Å². The first kappa shape index (κ1) is 34.6. The lowest BCUT2D eigenvalue weighted by molar-refractivity contribution is -0.141. The number of anilines is 1. The normalized spacial score (nSPS) is 12.4. The summed E-state index contributed by atoms with van der Waals surface area (Å²) in [6, 6.07) is 17.7. The molecule has 0 aromatic heterocycles. The van der Waals surface area contributed by atoms with Crippen LogP contribution >= 0.6 is 0 Å². The second-order valence-corrected chi connectivity index (χ2v) is 12.4. The van der Waals surface area contributed by atoms with Gasteiger partial charge < -0.3 is 10.2 Å². The van der Waals surface area contributed by atoms with E-state index in [1.807, 2.05) is 37.3 Å². The molecule has 12 heteroatoms. The van der Waals surface area contributed by atoms with Crippen molar-refractivity contribution in [2.24, 2.45) is 0 Å². The number of nitrogens with one attached hydrogen (secondary N) is 1. The first-order valence-electron chi connectivity index (χ1n) is 14.3. The summed E-state index contributed by atoms with van der Waals surface area (Å²) in [5, 5.41) is 2.90. The Kier molecular flexibility index (Phi) is 12.3. The van der Waals surface area contributed by atoms with Crippen molar-refractivity contribution in [1.29, 1.82) is 0 Å². The lowest BCUT2D eigenvalue weighted by Gasteiger charge is -2.32. The topological polar surface area (TPSA) is 86.8 Å². The molecule has 0 aliphatic carbocycles. The summed E-state index contributed by atoms with van der Waals surface area (Å²) < 4.78 is 79.5. The monoisotopic (exact) mass is 635 g/mol. The molecule has 1 unspecified atom stereocenters. The van der Waals surface area contributed by atoms with Crippen molar-refractivity contribution < 1.29 is 35.6 Å². The number of sulfonamides is 1. The lowest BCUT2D eigenvalue weighted by atomic mass is 10.0. The molecule has 0 fully saturated rings. The zero-order valence-electron chi connectivity index (χ0n) is 24.7. The van der Waals surface area contributed by atoms with Crippen LogP contribution in [-0.2, 0) is 38.8 Å². The predicted molar refractivity (Wildman–Crippen MR) is 162 cm³/mol. The van der Waals surface area contributed by atoms with Crippen molar-refractivity contribution >= 4 is 27.5 Å². The number of alkyl halides is 3. The van der Waals surface area contributed by atoms with Gasteiger partial charge in [-0.15, -0.1) is 0 Å². The molecule has 3 rings (SSSR count). The highest BCUT2D eigenvalue weighted by atomic mass is 32.2. The van der Waals surface area contributed by atoms with Crippen LogP contribution in [0.5, 0.6) is 0 Å². The Hall–Kier alpha value is -3.93. The van der Waals surface area contributed by atoms with Gasteiger partial charge in [-0.05, 0) is 54.3 Å². The number of carbonyl (C=O) groups is 2. The van der Waals surface area contributed by atoms with Gasteiger partial charge in [-0.1, -0.05) is 61.9 Å². The number of unbranched alkanes of at least 4 members (excludes halogenated alkanes) is 1. The Morgan fingerprint density at radius 1 is 0.909 bits per heavy atom. The molecule has 0 heterocycles. The summed E-state index contributed by atoms with van der Waals surface area (Å²) >= 11 is 0. The van der Waals surface area contributed by atoms with Gasteiger partial charge in [0.15, 0.2) is 0 Å². The second-order valence-electron chi connectivity index (χ2n) is 10.5. The summed E-state index contributed by atoms with van der Waals surface area (Å²) in [5.41, 5.74) is 0.229. The molecule has 0 aliphatic heterocycles. The van der Waals surface area contributed by atoms with E-state index >= 15 is 0 Å². The van der Waals surface area contributed by atoms with E-state index in [4.69, 9.17) is 0 Å². The van der Waals surface area contributed by atoms with Gasteiger partial charge in [-0.25, -0.2) is 12.8 Å². The Labute approximate surface area is 255 Å². The number of rotatable bonds is 15. The molecule has 0 bridgehead atoms. The quantitative estimate of drug-likeness (QED) is 0.165. The number of benzene rings is 3. The largest absolute Gasteiger partial charge is 0.416 e. The van der Waals surface area contributed by atoms with Gasteiger partial charge >= 0.3 is 6.18 Å². The third-order valence-corrected chi connectivity index (χ3v) is 8.17. The van der Waals surface area contributed by atoms with E-state index in [-0.39, 0.29) is 43.9 Å². The first-order chi connectivity index (χ1) is 20.8. The third kappa shape index (κ3) is 10.4. The summed E-state index contributed by atoms with van der Waals surface area (Å²) in [5.74, 6) is -1.28. The molecule has 3 aromatic rings. The Morgan fingerprint density at radius 2 is 1.59 bits per heavy atom. The van der Waals surface area contributed by atoms with Gasteiger partial charge in [-0.3, -0.25) is 13.9 Å². The predicted octanol–water partition coefficient (Wildman–Crippen LogP) is 5.95. The summed E-state index contributed by atoms with van der Waals surface area (Å²) in [6.07, 6.45) is -2.21. The minimum absolute atomic E-state index is 0.0127. The van der Waals surface area contributed by atoms with Crippen molar-refractivity contribution in [1.82, 2.24) is 10.2 Å². The fourth-order valence-electron chi connectivity index (χ4n) is 4.69. The van der Waals surface area contributed by atoms with Gasteiger partial charge in [-0.2, -0.15) is 13.2 Å². The van der Waals surface area contributed by atoms with Crippen molar-refractivity contribution in [2.45, 2.75) is 57.8 Å². The molecule has 0 saturated heterocycles. The first-order valence-corrected chi connectivity index (χ1v) is 16.1. The lowest BCUT2D eigenvalue weighted by Crippen LogP contribution is -2.50. The van der Waals surface area contributed by atoms with Gasteiger partial charge in [0.05, 0.1) is 17.5 Å². The molecule has 44 heavy (non-hydrogen) atoms. The Bertz CT molecular complexity index is 1480. The maximum Gasteiger partial charge on any atom is 0.416 e. The maximum absolute atomic E-state index is 13.8. The van der Waals surface area contributed by atoms with Crippen molar-refractivity contribution in [3.8, 4) is 0 Å². The molecule has 0 spiro atoms. The van der Waals surface area contributed by atoms with Crippen LogP contribution in [0.25, 0.3) is 0 Å². The number of nitrogens with zero attached hydrogens (tertiary/aromatic N) is 2. The van der Waals surface area contributed by atoms with Gasteiger partial charge in [0.25, 0.3) is 0 Å². The minimum Gasteiger partial charge on any atom is -0.354 e. The molecule has 238 valence electrons. The molecule has 1 atom stereocenters. The maximum atomic E-state index is 13.8. The fourth-order valence-corrected chi connectivity index (χ4v) is 5.65. The van der Waals surface area contributed by atoms with Gasteiger partial charge in [0.1, 0.15) is 11.9 Å². The molecule has 0 aliphatic rings.